The van der Waals surface area contributed by atoms with Crippen LogP contribution in [0.2, 0.25) is 5.02 Å². The first kappa shape index (κ1) is 12.1. The van der Waals surface area contributed by atoms with E-state index in [0.717, 1.165) is 11.8 Å². The van der Waals surface area contributed by atoms with Gasteiger partial charge in [-0.2, -0.15) is 0 Å². The van der Waals surface area contributed by atoms with Crippen molar-refractivity contribution >= 4 is 43.2 Å². The van der Waals surface area contributed by atoms with Crippen LogP contribution in [-0.2, 0) is 16.3 Å². The molecule has 0 fully saturated rings. The third-order valence-electron chi connectivity index (χ3n) is 2.51. The predicted octanol–water partition coefficient (Wildman–Crippen LogP) is 2.25. The number of hydrogen-bond acceptors (Lipinski definition) is 3. The molecule has 0 saturated carbocycles. The number of sulfone groups is 1. The van der Waals surface area contributed by atoms with Gasteiger partial charge in [0, 0.05) is 11.8 Å². The van der Waals surface area contributed by atoms with Gasteiger partial charge in [-0.25, -0.2) is 8.42 Å². The molecule has 16 heavy (non-hydrogen) atoms. The van der Waals surface area contributed by atoms with Gasteiger partial charge in [0.05, 0.1) is 14.7 Å². The molecule has 0 spiro atoms. The number of ketones is 1. The predicted molar refractivity (Wildman–Crippen MR) is 65.3 cm³/mol. The Hall–Kier alpha value is -0.390. The molecule has 0 bridgehead atoms. The minimum absolute atomic E-state index is 0.0165. The summed E-state index contributed by atoms with van der Waals surface area (Å²) in [5.41, 5.74) is 1.25. The summed E-state index contributed by atoms with van der Waals surface area (Å²) in [6, 6.07) is 2.93. The van der Waals surface area contributed by atoms with Crippen LogP contribution in [0.3, 0.4) is 0 Å². The van der Waals surface area contributed by atoms with E-state index in [0.29, 0.717) is 12.0 Å². The van der Waals surface area contributed by atoms with Gasteiger partial charge >= 0.3 is 0 Å². The van der Waals surface area contributed by atoms with E-state index in [9.17, 15) is 13.2 Å². The number of rotatable bonds is 1. The van der Waals surface area contributed by atoms with Crippen LogP contribution >= 0.6 is 27.5 Å². The summed E-state index contributed by atoms with van der Waals surface area (Å²) in [7, 11) is -3.40. The average Bonchev–Trinajstić information content (AvgIpc) is 2.39. The van der Waals surface area contributed by atoms with Crippen molar-refractivity contribution in [3.63, 3.8) is 0 Å². The van der Waals surface area contributed by atoms with E-state index < -0.39 is 9.84 Å². The highest BCUT2D eigenvalue weighted by molar-refractivity contribution is 9.10. The van der Waals surface area contributed by atoms with E-state index in [1.54, 1.807) is 6.07 Å². The lowest BCUT2D eigenvalue weighted by molar-refractivity contribution is 0.100. The molecule has 0 aliphatic heterocycles. The molecule has 3 nitrogen and oxygen atoms in total. The van der Waals surface area contributed by atoms with Gasteiger partial charge < -0.3 is 0 Å². The molecule has 0 aromatic heterocycles. The second-order valence-corrected chi connectivity index (χ2v) is 7.24. The highest BCUT2D eigenvalue weighted by Gasteiger charge is 2.30. The summed E-state index contributed by atoms with van der Waals surface area (Å²) in [5, 5.41) is 0.177. The SMILES string of the molecule is CS(=O)(=O)c1cc2c(cc1Cl)CC(Br)C2=O. The van der Waals surface area contributed by atoms with Crippen LogP contribution in [0.1, 0.15) is 15.9 Å². The number of fused-ring (bicyclic) bond motifs is 1. The van der Waals surface area contributed by atoms with E-state index in [4.69, 9.17) is 11.6 Å². The van der Waals surface area contributed by atoms with Crippen LogP contribution in [0.25, 0.3) is 0 Å². The molecule has 0 heterocycles. The molecule has 2 rings (SSSR count). The first-order valence-corrected chi connectivity index (χ1v) is 7.70. The first-order chi connectivity index (χ1) is 7.30. The Bertz CT molecular complexity index is 580. The summed E-state index contributed by atoms with van der Waals surface area (Å²) >= 11 is 9.12. The van der Waals surface area contributed by atoms with Crippen molar-refractivity contribution in [3.8, 4) is 0 Å². The van der Waals surface area contributed by atoms with Crippen molar-refractivity contribution in [2.75, 3.05) is 6.26 Å². The Morgan fingerprint density at radius 1 is 1.44 bits per heavy atom. The van der Waals surface area contributed by atoms with Crippen molar-refractivity contribution < 1.29 is 13.2 Å². The molecule has 86 valence electrons. The van der Waals surface area contributed by atoms with Crippen LogP contribution in [0, 0.1) is 0 Å². The second kappa shape index (κ2) is 3.82. The van der Waals surface area contributed by atoms with Crippen molar-refractivity contribution in [1.82, 2.24) is 0 Å². The molecule has 1 aromatic rings. The average molecular weight is 324 g/mol. The fourth-order valence-electron chi connectivity index (χ4n) is 1.73. The van der Waals surface area contributed by atoms with Crippen LogP contribution < -0.4 is 0 Å². The standard InChI is InChI=1S/C10H8BrClO3S/c1-16(14,15)9-4-6-5(3-8(9)12)2-7(11)10(6)13/h3-4,7H,2H2,1H3. The quantitative estimate of drug-likeness (QED) is 0.745. The van der Waals surface area contributed by atoms with Gasteiger partial charge in [-0.3, -0.25) is 4.79 Å². The maximum Gasteiger partial charge on any atom is 0.177 e. The fraction of sp³-hybridized carbons (Fsp3) is 0.300. The van der Waals surface area contributed by atoms with E-state index in [1.165, 1.54) is 6.07 Å². The van der Waals surface area contributed by atoms with Crippen LogP contribution in [0.15, 0.2) is 17.0 Å². The molecule has 0 saturated heterocycles. The molecular weight excluding hydrogens is 316 g/mol. The topological polar surface area (TPSA) is 51.2 Å². The molecule has 1 unspecified atom stereocenters. The van der Waals surface area contributed by atoms with E-state index in [2.05, 4.69) is 15.9 Å². The summed E-state index contributed by atoms with van der Waals surface area (Å²) in [5.74, 6) is -0.0865. The minimum atomic E-state index is -3.40. The summed E-state index contributed by atoms with van der Waals surface area (Å²) in [6.07, 6.45) is 1.63. The van der Waals surface area contributed by atoms with E-state index >= 15 is 0 Å². The van der Waals surface area contributed by atoms with Gasteiger partial charge in [-0.1, -0.05) is 27.5 Å². The lowest BCUT2D eigenvalue weighted by Crippen LogP contribution is -2.07. The third-order valence-corrected chi connectivity index (χ3v) is 4.81. The van der Waals surface area contributed by atoms with Gasteiger partial charge in [-0.15, -0.1) is 0 Å². The highest BCUT2D eigenvalue weighted by Crippen LogP contribution is 2.33. The fourth-order valence-corrected chi connectivity index (χ4v) is 3.68. The van der Waals surface area contributed by atoms with Gasteiger partial charge in [0.1, 0.15) is 0 Å². The monoisotopic (exact) mass is 322 g/mol. The summed E-state index contributed by atoms with van der Waals surface area (Å²) in [4.78, 5) is 11.4. The number of hydrogen-bond donors (Lipinski definition) is 0. The first-order valence-electron chi connectivity index (χ1n) is 4.51. The van der Waals surface area contributed by atoms with Crippen LogP contribution in [0.4, 0.5) is 0 Å². The smallest absolute Gasteiger partial charge is 0.177 e. The minimum Gasteiger partial charge on any atom is -0.293 e. The zero-order valence-corrected chi connectivity index (χ0v) is 11.5. The van der Waals surface area contributed by atoms with Gasteiger partial charge in [0.2, 0.25) is 0 Å². The number of benzene rings is 1. The maximum atomic E-state index is 11.7. The molecule has 1 atom stereocenters. The third kappa shape index (κ3) is 1.92. The lowest BCUT2D eigenvalue weighted by atomic mass is 10.1. The van der Waals surface area contributed by atoms with Crippen LogP contribution in [-0.4, -0.2) is 25.3 Å². The Labute approximate surface area is 107 Å². The Morgan fingerprint density at radius 2 is 2.06 bits per heavy atom. The Kier molecular flexibility index (Phi) is 2.88. The van der Waals surface area contributed by atoms with Crippen molar-refractivity contribution in [2.24, 2.45) is 0 Å². The highest BCUT2D eigenvalue weighted by atomic mass is 79.9. The van der Waals surface area contributed by atoms with E-state index in [1.807, 2.05) is 0 Å². The molecule has 1 aliphatic rings. The normalized spacial score (nSPS) is 19.9. The van der Waals surface area contributed by atoms with E-state index in [-0.39, 0.29) is 20.5 Å². The number of carbonyl (C=O) groups is 1. The van der Waals surface area contributed by atoms with Gasteiger partial charge in [0.15, 0.2) is 15.6 Å². The van der Waals surface area contributed by atoms with Gasteiger partial charge in [0.25, 0.3) is 0 Å². The number of halogens is 2. The summed E-state index contributed by atoms with van der Waals surface area (Å²) < 4.78 is 22.9. The molecule has 0 radical (unpaired) electrons. The zero-order chi connectivity index (χ0) is 12.1. The molecule has 6 heteroatoms. The molecular formula is C10H8BrClO3S. The summed E-state index contributed by atoms with van der Waals surface area (Å²) in [6.45, 7) is 0. The Morgan fingerprint density at radius 3 is 2.62 bits per heavy atom. The van der Waals surface area contributed by atoms with Crippen molar-refractivity contribution in [1.29, 1.82) is 0 Å². The number of Topliss-reactive ketones (excluding diaryl/α,β-unsaturated/α-hetero) is 1. The Balaban J connectivity index is 2.68. The van der Waals surface area contributed by atoms with Crippen molar-refractivity contribution in [2.45, 2.75) is 16.1 Å². The zero-order valence-electron chi connectivity index (χ0n) is 8.33. The maximum absolute atomic E-state index is 11.7. The van der Waals surface area contributed by atoms with Crippen LogP contribution in [0.5, 0.6) is 0 Å². The molecule has 0 N–H and O–H groups in total. The largest absolute Gasteiger partial charge is 0.293 e. The number of alkyl halides is 1. The molecule has 1 aliphatic carbocycles. The molecule has 1 aromatic carbocycles. The molecule has 0 amide bonds. The second-order valence-electron chi connectivity index (χ2n) is 3.75. The van der Waals surface area contributed by atoms with Gasteiger partial charge in [-0.05, 0) is 24.1 Å². The van der Waals surface area contributed by atoms with Crippen molar-refractivity contribution in [3.05, 3.63) is 28.3 Å². The lowest BCUT2D eigenvalue weighted by Gasteiger charge is -2.04. The number of carbonyl (C=O) groups excluding carboxylic acids is 1.